The van der Waals surface area contributed by atoms with E-state index in [0.717, 1.165) is 57.0 Å². The predicted molar refractivity (Wildman–Crippen MR) is 85.3 cm³/mol. The average Bonchev–Trinajstić information content (AvgIpc) is 3.12. The summed E-state index contributed by atoms with van der Waals surface area (Å²) >= 11 is 1.53. The lowest BCUT2D eigenvalue weighted by Crippen LogP contribution is -2.49. The van der Waals surface area contributed by atoms with Gasteiger partial charge in [-0.1, -0.05) is 0 Å². The molecule has 22 heavy (non-hydrogen) atoms. The number of amides is 1. The molecule has 1 aromatic heterocycles. The molecule has 1 aromatic rings. The molecule has 2 aliphatic rings. The van der Waals surface area contributed by atoms with Gasteiger partial charge in [0.25, 0.3) is 5.91 Å². The number of thiazole rings is 1. The molecule has 0 N–H and O–H groups in total. The van der Waals surface area contributed by atoms with Crippen molar-refractivity contribution in [3.63, 3.8) is 0 Å². The second kappa shape index (κ2) is 6.64. The van der Waals surface area contributed by atoms with Crippen molar-refractivity contribution in [3.8, 4) is 0 Å². The summed E-state index contributed by atoms with van der Waals surface area (Å²) in [4.78, 5) is 18.7. The molecule has 2 saturated heterocycles. The zero-order valence-electron chi connectivity index (χ0n) is 13.3. The van der Waals surface area contributed by atoms with Gasteiger partial charge < -0.3 is 14.4 Å². The summed E-state index contributed by atoms with van der Waals surface area (Å²) in [6, 6.07) is 0. The normalized spacial score (nSPS) is 24.1. The smallest absolute Gasteiger partial charge is 0.273 e. The van der Waals surface area contributed by atoms with Crippen molar-refractivity contribution >= 4 is 17.2 Å². The first-order chi connectivity index (χ1) is 10.6. The van der Waals surface area contributed by atoms with Gasteiger partial charge in [0.05, 0.1) is 10.6 Å². The highest BCUT2D eigenvalue weighted by Crippen LogP contribution is 2.42. The maximum Gasteiger partial charge on any atom is 0.273 e. The maximum absolute atomic E-state index is 12.5. The van der Waals surface area contributed by atoms with Crippen molar-refractivity contribution in [2.24, 2.45) is 5.92 Å². The monoisotopic (exact) mass is 324 g/mol. The maximum atomic E-state index is 12.5. The second-order valence-corrected chi connectivity index (χ2v) is 7.29. The van der Waals surface area contributed by atoms with Crippen molar-refractivity contribution in [3.05, 3.63) is 16.1 Å². The van der Waals surface area contributed by atoms with E-state index >= 15 is 0 Å². The highest BCUT2D eigenvalue weighted by atomic mass is 32.1. The lowest BCUT2D eigenvalue weighted by Gasteiger charge is -2.42. The first-order valence-electron chi connectivity index (χ1n) is 7.99. The number of piperidine rings is 1. The minimum atomic E-state index is -0.0344. The second-order valence-electron chi connectivity index (χ2n) is 6.22. The van der Waals surface area contributed by atoms with Crippen molar-refractivity contribution in [2.75, 3.05) is 33.4 Å². The molecule has 1 amide bonds. The van der Waals surface area contributed by atoms with Crippen LogP contribution in [-0.4, -0.2) is 54.8 Å². The highest BCUT2D eigenvalue weighted by Gasteiger charge is 2.46. The molecular weight excluding hydrogens is 300 g/mol. The quantitative estimate of drug-likeness (QED) is 0.854. The number of aryl methyl sites for hydroxylation is 1. The summed E-state index contributed by atoms with van der Waals surface area (Å²) in [5.74, 6) is 0.622. The van der Waals surface area contributed by atoms with Crippen LogP contribution in [0.25, 0.3) is 0 Å². The Morgan fingerprint density at radius 3 is 2.95 bits per heavy atom. The first-order valence-corrected chi connectivity index (χ1v) is 8.87. The SMILES string of the molecule is COCC[C@H]1CCOC12CCN(C(=O)c1csc(C)n1)CC2. The minimum Gasteiger partial charge on any atom is -0.385 e. The van der Waals surface area contributed by atoms with Gasteiger partial charge in [0.2, 0.25) is 0 Å². The first kappa shape index (κ1) is 15.9. The van der Waals surface area contributed by atoms with Crippen molar-refractivity contribution < 1.29 is 14.3 Å². The molecule has 5 nitrogen and oxygen atoms in total. The van der Waals surface area contributed by atoms with E-state index in [1.165, 1.54) is 11.3 Å². The standard InChI is InChI=1S/C16H24N2O3S/c1-12-17-14(11-22-12)15(19)18-7-5-16(6-8-18)13(3-9-20-2)4-10-21-16/h11,13H,3-10H2,1-2H3/t13-/m0/s1. The number of likely N-dealkylation sites (tertiary alicyclic amines) is 1. The largest absolute Gasteiger partial charge is 0.385 e. The topological polar surface area (TPSA) is 51.7 Å². The van der Waals surface area contributed by atoms with E-state index in [1.54, 1.807) is 7.11 Å². The number of rotatable bonds is 4. The van der Waals surface area contributed by atoms with Gasteiger partial charge in [0.15, 0.2) is 0 Å². The fraction of sp³-hybridized carbons (Fsp3) is 0.750. The number of ether oxygens (including phenoxy) is 2. The average molecular weight is 324 g/mol. The third kappa shape index (κ3) is 3.05. The zero-order chi connectivity index (χ0) is 15.6. The fourth-order valence-electron chi connectivity index (χ4n) is 3.72. The van der Waals surface area contributed by atoms with Gasteiger partial charge in [-0.2, -0.15) is 0 Å². The van der Waals surface area contributed by atoms with Crippen LogP contribution in [0.15, 0.2) is 5.38 Å². The van der Waals surface area contributed by atoms with Gasteiger partial charge in [-0.15, -0.1) is 11.3 Å². The molecule has 0 saturated carbocycles. The van der Waals surface area contributed by atoms with E-state index in [9.17, 15) is 4.79 Å². The molecule has 122 valence electrons. The van der Waals surface area contributed by atoms with Crippen LogP contribution in [0.2, 0.25) is 0 Å². The lowest BCUT2D eigenvalue weighted by molar-refractivity contribution is -0.0662. The Bertz CT molecular complexity index is 523. The third-order valence-electron chi connectivity index (χ3n) is 5.01. The van der Waals surface area contributed by atoms with E-state index in [2.05, 4.69) is 4.98 Å². The molecule has 0 radical (unpaired) electrons. The van der Waals surface area contributed by atoms with Crippen LogP contribution < -0.4 is 0 Å². The number of hydrogen-bond acceptors (Lipinski definition) is 5. The molecule has 2 aliphatic heterocycles. The van der Waals surface area contributed by atoms with Gasteiger partial charge in [-0.3, -0.25) is 4.79 Å². The van der Waals surface area contributed by atoms with E-state index in [-0.39, 0.29) is 11.5 Å². The molecule has 3 heterocycles. The van der Waals surface area contributed by atoms with Crippen LogP contribution in [0.5, 0.6) is 0 Å². The molecule has 0 aliphatic carbocycles. The van der Waals surface area contributed by atoms with Crippen LogP contribution >= 0.6 is 11.3 Å². The highest BCUT2D eigenvalue weighted by molar-refractivity contribution is 7.09. The summed E-state index contributed by atoms with van der Waals surface area (Å²) in [7, 11) is 1.75. The van der Waals surface area contributed by atoms with Crippen molar-refractivity contribution in [1.82, 2.24) is 9.88 Å². The fourth-order valence-corrected chi connectivity index (χ4v) is 4.30. The van der Waals surface area contributed by atoms with E-state index in [4.69, 9.17) is 9.47 Å². The van der Waals surface area contributed by atoms with Gasteiger partial charge in [-0.25, -0.2) is 4.98 Å². The van der Waals surface area contributed by atoms with E-state index in [1.807, 2.05) is 17.2 Å². The van der Waals surface area contributed by atoms with Gasteiger partial charge >= 0.3 is 0 Å². The Labute approximate surface area is 135 Å². The summed E-state index contributed by atoms with van der Waals surface area (Å²) in [6.07, 6.45) is 4.02. The van der Waals surface area contributed by atoms with E-state index < -0.39 is 0 Å². The molecule has 0 aromatic carbocycles. The number of nitrogens with zero attached hydrogens (tertiary/aromatic N) is 2. The lowest BCUT2D eigenvalue weighted by atomic mass is 9.78. The Morgan fingerprint density at radius 2 is 2.32 bits per heavy atom. The number of carbonyl (C=O) groups excluding carboxylic acids is 1. The molecule has 0 bridgehead atoms. The van der Waals surface area contributed by atoms with Gasteiger partial charge in [0, 0.05) is 38.8 Å². The molecule has 0 unspecified atom stereocenters. The molecule has 2 fully saturated rings. The Morgan fingerprint density at radius 1 is 1.55 bits per heavy atom. The van der Waals surface area contributed by atoms with Crippen LogP contribution in [0, 0.1) is 12.8 Å². The summed E-state index contributed by atoms with van der Waals surface area (Å²) < 4.78 is 11.4. The molecular formula is C16H24N2O3S. The van der Waals surface area contributed by atoms with Crippen molar-refractivity contribution in [2.45, 2.75) is 38.2 Å². The molecule has 1 atom stereocenters. The number of methoxy groups -OCH3 is 1. The van der Waals surface area contributed by atoms with Gasteiger partial charge in [-0.05, 0) is 38.5 Å². The number of hydrogen-bond donors (Lipinski definition) is 0. The zero-order valence-corrected chi connectivity index (χ0v) is 14.2. The number of carbonyl (C=O) groups is 1. The van der Waals surface area contributed by atoms with Crippen LogP contribution in [0.1, 0.15) is 41.2 Å². The summed E-state index contributed by atoms with van der Waals surface area (Å²) in [5, 5.41) is 2.80. The summed E-state index contributed by atoms with van der Waals surface area (Å²) in [5.41, 5.74) is 0.551. The minimum absolute atomic E-state index is 0.0344. The third-order valence-corrected chi connectivity index (χ3v) is 5.78. The Kier molecular flexibility index (Phi) is 4.80. The number of aromatic nitrogens is 1. The van der Waals surface area contributed by atoms with Crippen LogP contribution in [0.4, 0.5) is 0 Å². The van der Waals surface area contributed by atoms with Gasteiger partial charge in [0.1, 0.15) is 5.69 Å². The molecule has 1 spiro atoms. The molecule has 3 rings (SSSR count). The Hall–Kier alpha value is -0.980. The molecule has 6 heteroatoms. The summed E-state index contributed by atoms with van der Waals surface area (Å²) in [6.45, 7) is 5.08. The Balaban J connectivity index is 1.61. The van der Waals surface area contributed by atoms with Crippen LogP contribution in [0.3, 0.4) is 0 Å². The van der Waals surface area contributed by atoms with Crippen molar-refractivity contribution in [1.29, 1.82) is 0 Å². The predicted octanol–water partition coefficient (Wildman–Crippen LogP) is 2.50. The van der Waals surface area contributed by atoms with E-state index in [0.29, 0.717) is 11.6 Å². The van der Waals surface area contributed by atoms with Crippen LogP contribution in [-0.2, 0) is 9.47 Å².